The average molecular weight is 193 g/mol. The van der Waals surface area contributed by atoms with Crippen molar-refractivity contribution in [2.75, 3.05) is 18.1 Å². The van der Waals surface area contributed by atoms with Gasteiger partial charge in [-0.3, -0.25) is 0 Å². The van der Waals surface area contributed by atoms with E-state index in [9.17, 15) is 0 Å². The molecule has 1 fully saturated rings. The summed E-state index contributed by atoms with van der Waals surface area (Å²) in [5, 5.41) is 3.47. The van der Waals surface area contributed by atoms with E-state index in [0.717, 1.165) is 12.5 Å². The van der Waals surface area contributed by atoms with Crippen LogP contribution in [0.15, 0.2) is 29.2 Å². The van der Waals surface area contributed by atoms with Crippen molar-refractivity contribution in [3.63, 3.8) is 0 Å². The number of rotatable bonds is 4. The summed E-state index contributed by atoms with van der Waals surface area (Å²) < 4.78 is 0. The smallest absolute Gasteiger partial charge is 0.0351 e. The van der Waals surface area contributed by atoms with Crippen LogP contribution in [0.1, 0.15) is 12.8 Å². The van der Waals surface area contributed by atoms with Crippen LogP contribution >= 0.6 is 11.8 Å². The molecule has 0 aliphatic heterocycles. The molecule has 1 nitrogen and oxygen atoms in total. The molecular weight excluding hydrogens is 178 g/mol. The van der Waals surface area contributed by atoms with Crippen molar-refractivity contribution in [1.29, 1.82) is 0 Å². The Bertz CT molecular complexity index is 281. The quantitative estimate of drug-likeness (QED) is 0.737. The Labute approximate surface area is 83.9 Å². The van der Waals surface area contributed by atoms with Crippen LogP contribution < -0.4 is 5.32 Å². The Balaban J connectivity index is 1.93. The summed E-state index contributed by atoms with van der Waals surface area (Å²) >= 11 is 1.79. The summed E-state index contributed by atoms with van der Waals surface area (Å²) in [4.78, 5) is 1.33. The fourth-order valence-electron chi connectivity index (χ4n) is 1.32. The second-order valence-electron chi connectivity index (χ2n) is 3.56. The highest BCUT2D eigenvalue weighted by atomic mass is 32.2. The summed E-state index contributed by atoms with van der Waals surface area (Å²) in [6.07, 6.45) is 4.93. The highest BCUT2D eigenvalue weighted by Gasteiger charge is 2.20. The van der Waals surface area contributed by atoms with Gasteiger partial charge in [-0.25, -0.2) is 0 Å². The van der Waals surface area contributed by atoms with E-state index in [4.69, 9.17) is 0 Å². The van der Waals surface area contributed by atoms with E-state index in [1.165, 1.54) is 23.4 Å². The normalized spacial score (nSPS) is 15.8. The maximum Gasteiger partial charge on any atom is 0.0351 e. The first-order valence-electron chi connectivity index (χ1n) is 4.76. The number of benzene rings is 1. The molecule has 1 aliphatic carbocycles. The van der Waals surface area contributed by atoms with Crippen molar-refractivity contribution in [1.82, 2.24) is 0 Å². The first kappa shape index (κ1) is 8.95. The zero-order valence-corrected chi connectivity index (χ0v) is 8.73. The lowest BCUT2D eigenvalue weighted by Gasteiger charge is -2.05. The minimum absolute atomic E-state index is 0.943. The van der Waals surface area contributed by atoms with Crippen molar-refractivity contribution < 1.29 is 0 Å². The molecule has 1 N–H and O–H groups in total. The Morgan fingerprint density at radius 1 is 1.46 bits per heavy atom. The molecule has 0 bridgehead atoms. The largest absolute Gasteiger partial charge is 0.385 e. The third-order valence-corrected chi connectivity index (χ3v) is 3.09. The van der Waals surface area contributed by atoms with Crippen molar-refractivity contribution >= 4 is 17.4 Å². The van der Waals surface area contributed by atoms with Gasteiger partial charge in [0.15, 0.2) is 0 Å². The molecule has 1 aromatic rings. The predicted molar refractivity (Wildman–Crippen MR) is 59.4 cm³/mol. The molecule has 0 heterocycles. The monoisotopic (exact) mass is 193 g/mol. The molecule has 0 saturated heterocycles. The van der Waals surface area contributed by atoms with Crippen molar-refractivity contribution in [3.8, 4) is 0 Å². The molecule has 0 atom stereocenters. The molecule has 2 heteroatoms. The van der Waals surface area contributed by atoms with E-state index >= 15 is 0 Å². The molecule has 1 aliphatic rings. The van der Waals surface area contributed by atoms with Gasteiger partial charge in [-0.15, -0.1) is 11.8 Å². The fraction of sp³-hybridized carbons (Fsp3) is 0.455. The van der Waals surface area contributed by atoms with Crippen molar-refractivity contribution in [3.05, 3.63) is 24.3 Å². The number of nitrogens with one attached hydrogen (secondary N) is 1. The first-order valence-corrected chi connectivity index (χ1v) is 5.99. The van der Waals surface area contributed by atoms with E-state index in [2.05, 4.69) is 35.8 Å². The predicted octanol–water partition coefficient (Wildman–Crippen LogP) is 3.23. The van der Waals surface area contributed by atoms with Gasteiger partial charge in [0.05, 0.1) is 0 Å². The molecule has 13 heavy (non-hydrogen) atoms. The second kappa shape index (κ2) is 4.05. The number of thioether (sulfide) groups is 1. The van der Waals surface area contributed by atoms with E-state index < -0.39 is 0 Å². The van der Waals surface area contributed by atoms with Gasteiger partial charge in [0, 0.05) is 17.1 Å². The van der Waals surface area contributed by atoms with E-state index in [1.807, 2.05) is 0 Å². The van der Waals surface area contributed by atoms with Crippen LogP contribution in [0.5, 0.6) is 0 Å². The summed E-state index contributed by atoms with van der Waals surface area (Å²) in [5.74, 6) is 0.943. The van der Waals surface area contributed by atoms with Crippen molar-refractivity contribution in [2.24, 2.45) is 5.92 Å². The topological polar surface area (TPSA) is 12.0 Å². The maximum absolute atomic E-state index is 3.47. The first-order chi connectivity index (χ1) is 6.38. The summed E-state index contributed by atoms with van der Waals surface area (Å²) in [5.41, 5.74) is 1.26. The van der Waals surface area contributed by atoms with Crippen LogP contribution in [0.3, 0.4) is 0 Å². The van der Waals surface area contributed by atoms with Crippen molar-refractivity contribution in [2.45, 2.75) is 17.7 Å². The average Bonchev–Trinajstić information content (AvgIpc) is 2.99. The maximum atomic E-state index is 3.47. The van der Waals surface area contributed by atoms with Gasteiger partial charge in [-0.2, -0.15) is 0 Å². The second-order valence-corrected chi connectivity index (χ2v) is 4.44. The van der Waals surface area contributed by atoms with Gasteiger partial charge in [-0.05, 0) is 43.2 Å². The van der Waals surface area contributed by atoms with Gasteiger partial charge in [-0.1, -0.05) is 6.07 Å². The number of hydrogen-bond donors (Lipinski definition) is 1. The molecule has 70 valence electrons. The van der Waals surface area contributed by atoms with E-state index in [-0.39, 0.29) is 0 Å². The lowest BCUT2D eigenvalue weighted by Crippen LogP contribution is -2.02. The van der Waals surface area contributed by atoms with Gasteiger partial charge >= 0.3 is 0 Å². The SMILES string of the molecule is CSc1cccc(NCC2CC2)c1. The zero-order chi connectivity index (χ0) is 9.10. The van der Waals surface area contributed by atoms with Gasteiger partial charge in [0.1, 0.15) is 0 Å². The summed E-state index contributed by atoms with van der Waals surface area (Å²) in [7, 11) is 0. The minimum Gasteiger partial charge on any atom is -0.385 e. The third-order valence-electron chi connectivity index (χ3n) is 2.36. The lowest BCUT2D eigenvalue weighted by atomic mass is 10.3. The van der Waals surface area contributed by atoms with Crippen LogP contribution in [0, 0.1) is 5.92 Å². The van der Waals surface area contributed by atoms with Gasteiger partial charge in [0.2, 0.25) is 0 Å². The minimum atomic E-state index is 0.943. The Morgan fingerprint density at radius 2 is 2.31 bits per heavy atom. The van der Waals surface area contributed by atoms with Crippen LogP contribution in [-0.2, 0) is 0 Å². The molecule has 1 saturated carbocycles. The van der Waals surface area contributed by atoms with E-state index in [1.54, 1.807) is 11.8 Å². The molecular formula is C11H15NS. The molecule has 1 aromatic carbocycles. The van der Waals surface area contributed by atoms with Crippen LogP contribution in [0.25, 0.3) is 0 Å². The summed E-state index contributed by atoms with van der Waals surface area (Å²) in [6, 6.07) is 8.61. The highest BCUT2D eigenvalue weighted by Crippen LogP contribution is 2.29. The molecule has 0 unspecified atom stereocenters. The number of hydrogen-bond acceptors (Lipinski definition) is 2. The summed E-state index contributed by atoms with van der Waals surface area (Å²) in [6.45, 7) is 1.15. The molecule has 0 radical (unpaired) electrons. The van der Waals surface area contributed by atoms with Gasteiger partial charge < -0.3 is 5.32 Å². The fourth-order valence-corrected chi connectivity index (χ4v) is 1.78. The zero-order valence-electron chi connectivity index (χ0n) is 7.92. The Kier molecular flexibility index (Phi) is 2.79. The highest BCUT2D eigenvalue weighted by molar-refractivity contribution is 7.98. The van der Waals surface area contributed by atoms with Crippen LogP contribution in [0.2, 0.25) is 0 Å². The standard InChI is InChI=1S/C11H15NS/c1-13-11-4-2-3-10(7-11)12-8-9-5-6-9/h2-4,7,9,12H,5-6,8H2,1H3. The molecule has 0 amide bonds. The Morgan fingerprint density at radius 3 is 3.00 bits per heavy atom. The molecule has 0 spiro atoms. The third kappa shape index (κ3) is 2.66. The van der Waals surface area contributed by atoms with Crippen LogP contribution in [-0.4, -0.2) is 12.8 Å². The van der Waals surface area contributed by atoms with Gasteiger partial charge in [0.25, 0.3) is 0 Å². The Hall–Kier alpha value is -0.630. The molecule has 2 rings (SSSR count). The van der Waals surface area contributed by atoms with E-state index in [0.29, 0.717) is 0 Å². The lowest BCUT2D eigenvalue weighted by molar-refractivity contribution is 0.889. The molecule has 0 aromatic heterocycles. The number of anilines is 1. The van der Waals surface area contributed by atoms with Crippen LogP contribution in [0.4, 0.5) is 5.69 Å².